The van der Waals surface area contributed by atoms with Gasteiger partial charge < -0.3 is 10.2 Å². The molecule has 16 heavy (non-hydrogen) atoms. The van der Waals surface area contributed by atoms with Crippen molar-refractivity contribution >= 4 is 12.4 Å². The zero-order valence-electron chi connectivity index (χ0n) is 11.0. The predicted molar refractivity (Wildman–Crippen MR) is 72.3 cm³/mol. The van der Waals surface area contributed by atoms with Gasteiger partial charge in [-0.25, -0.2) is 0 Å². The lowest BCUT2D eigenvalue weighted by atomic mass is 9.96. The van der Waals surface area contributed by atoms with Gasteiger partial charge in [-0.05, 0) is 37.1 Å². The average molecular weight is 247 g/mol. The molecule has 0 aromatic heterocycles. The Balaban J connectivity index is 0.00000128. The molecular formula is C13H27ClN2. The van der Waals surface area contributed by atoms with Gasteiger partial charge in [-0.2, -0.15) is 0 Å². The molecule has 96 valence electrons. The van der Waals surface area contributed by atoms with Crippen LogP contribution in [-0.2, 0) is 0 Å². The van der Waals surface area contributed by atoms with Crippen LogP contribution in [-0.4, -0.2) is 37.1 Å². The summed E-state index contributed by atoms with van der Waals surface area (Å²) in [6, 6.07) is 0.753. The van der Waals surface area contributed by atoms with Crippen LogP contribution in [0.3, 0.4) is 0 Å². The van der Waals surface area contributed by atoms with Gasteiger partial charge in [0.05, 0.1) is 0 Å². The Bertz CT molecular complexity index is 208. The minimum absolute atomic E-state index is 0. The molecule has 1 atom stereocenters. The van der Waals surface area contributed by atoms with Gasteiger partial charge in [0, 0.05) is 25.7 Å². The van der Waals surface area contributed by atoms with Gasteiger partial charge in [-0.3, -0.25) is 0 Å². The van der Waals surface area contributed by atoms with Crippen LogP contribution in [0.2, 0.25) is 0 Å². The van der Waals surface area contributed by atoms with E-state index in [1.165, 1.54) is 38.9 Å². The highest BCUT2D eigenvalue weighted by Crippen LogP contribution is 2.30. The maximum Gasteiger partial charge on any atom is 0.0207 e. The summed E-state index contributed by atoms with van der Waals surface area (Å²) in [5.74, 6) is 1.05. The molecule has 2 aliphatic rings. The van der Waals surface area contributed by atoms with E-state index in [-0.39, 0.29) is 12.4 Å². The van der Waals surface area contributed by atoms with Crippen LogP contribution >= 0.6 is 12.4 Å². The van der Waals surface area contributed by atoms with Gasteiger partial charge in [-0.15, -0.1) is 12.4 Å². The lowest BCUT2D eigenvalue weighted by molar-refractivity contribution is 0.302. The summed E-state index contributed by atoms with van der Waals surface area (Å²) >= 11 is 0. The summed E-state index contributed by atoms with van der Waals surface area (Å²) in [5, 5.41) is 3.70. The second kappa shape index (κ2) is 5.70. The van der Waals surface area contributed by atoms with E-state index in [1.54, 1.807) is 0 Å². The summed E-state index contributed by atoms with van der Waals surface area (Å²) in [4.78, 5) is 2.65. The number of hydrogen-bond donors (Lipinski definition) is 1. The molecule has 0 amide bonds. The Morgan fingerprint density at radius 3 is 2.44 bits per heavy atom. The molecule has 1 aliphatic heterocycles. The largest absolute Gasteiger partial charge is 0.312 e. The van der Waals surface area contributed by atoms with Crippen LogP contribution in [0.4, 0.5) is 0 Å². The number of likely N-dealkylation sites (tertiary alicyclic amines) is 1. The first kappa shape index (κ1) is 14.3. The highest BCUT2D eigenvalue weighted by molar-refractivity contribution is 5.85. The number of nitrogens with one attached hydrogen (secondary N) is 1. The fourth-order valence-electron chi connectivity index (χ4n) is 2.28. The third-order valence-electron chi connectivity index (χ3n) is 3.41. The van der Waals surface area contributed by atoms with Crippen molar-refractivity contribution in [2.75, 3.05) is 26.2 Å². The summed E-state index contributed by atoms with van der Waals surface area (Å²) < 4.78 is 0. The molecule has 3 heteroatoms. The molecular weight excluding hydrogens is 220 g/mol. The smallest absolute Gasteiger partial charge is 0.0207 e. The Morgan fingerprint density at radius 2 is 1.88 bits per heavy atom. The quantitative estimate of drug-likeness (QED) is 0.820. The zero-order valence-corrected chi connectivity index (χ0v) is 11.8. The monoisotopic (exact) mass is 246 g/mol. The molecule has 0 bridgehead atoms. The van der Waals surface area contributed by atoms with Gasteiger partial charge in [-0.1, -0.05) is 20.8 Å². The number of rotatable bonds is 4. The van der Waals surface area contributed by atoms with Gasteiger partial charge in [0.25, 0.3) is 0 Å². The molecule has 1 N–H and O–H groups in total. The molecule has 1 heterocycles. The van der Waals surface area contributed by atoms with Crippen molar-refractivity contribution in [2.24, 2.45) is 11.3 Å². The van der Waals surface area contributed by atoms with Crippen molar-refractivity contribution in [2.45, 2.75) is 46.1 Å². The van der Waals surface area contributed by atoms with E-state index < -0.39 is 0 Å². The fraction of sp³-hybridized carbons (Fsp3) is 1.00. The molecule has 0 radical (unpaired) electrons. The summed E-state index contributed by atoms with van der Waals surface area (Å²) in [7, 11) is 0. The van der Waals surface area contributed by atoms with E-state index in [0.717, 1.165) is 18.5 Å². The molecule has 0 aromatic rings. The normalized spacial score (nSPS) is 26.8. The highest BCUT2D eigenvalue weighted by atomic mass is 35.5. The maximum atomic E-state index is 3.70. The second-order valence-electron chi connectivity index (χ2n) is 6.63. The number of nitrogens with zero attached hydrogens (tertiary/aromatic N) is 1. The van der Waals surface area contributed by atoms with E-state index in [2.05, 4.69) is 31.0 Å². The van der Waals surface area contributed by atoms with Crippen molar-refractivity contribution in [1.82, 2.24) is 10.2 Å². The summed E-state index contributed by atoms with van der Waals surface area (Å²) in [6.45, 7) is 12.0. The molecule has 1 unspecified atom stereocenters. The van der Waals surface area contributed by atoms with Crippen molar-refractivity contribution in [3.63, 3.8) is 0 Å². The van der Waals surface area contributed by atoms with Crippen LogP contribution in [0.25, 0.3) is 0 Å². The van der Waals surface area contributed by atoms with Crippen molar-refractivity contribution in [3.8, 4) is 0 Å². The minimum atomic E-state index is 0. The third kappa shape index (κ3) is 5.03. The summed E-state index contributed by atoms with van der Waals surface area (Å²) in [6.07, 6.45) is 4.32. The minimum Gasteiger partial charge on any atom is -0.312 e. The Kier molecular flexibility index (Phi) is 5.09. The van der Waals surface area contributed by atoms with Crippen LogP contribution in [0.15, 0.2) is 0 Å². The van der Waals surface area contributed by atoms with E-state index in [1.807, 2.05) is 0 Å². The van der Waals surface area contributed by atoms with Crippen molar-refractivity contribution in [1.29, 1.82) is 0 Å². The molecule has 2 nitrogen and oxygen atoms in total. The molecule has 1 saturated carbocycles. The van der Waals surface area contributed by atoms with Crippen LogP contribution < -0.4 is 5.32 Å². The van der Waals surface area contributed by atoms with E-state index in [0.29, 0.717) is 5.41 Å². The zero-order chi connectivity index (χ0) is 10.9. The van der Waals surface area contributed by atoms with Crippen LogP contribution in [0, 0.1) is 11.3 Å². The van der Waals surface area contributed by atoms with Gasteiger partial charge in [0.15, 0.2) is 0 Å². The lowest BCUT2D eigenvalue weighted by Gasteiger charge is -2.22. The lowest BCUT2D eigenvalue weighted by Crippen LogP contribution is -2.38. The Labute approximate surface area is 107 Å². The van der Waals surface area contributed by atoms with Crippen molar-refractivity contribution in [3.05, 3.63) is 0 Å². The fourth-order valence-corrected chi connectivity index (χ4v) is 2.28. The predicted octanol–water partition coefficient (Wildman–Crippen LogP) is 2.53. The summed E-state index contributed by atoms with van der Waals surface area (Å²) in [5.41, 5.74) is 0.421. The van der Waals surface area contributed by atoms with Crippen LogP contribution in [0.1, 0.15) is 40.0 Å². The number of halogens is 1. The molecule has 0 spiro atoms. The molecule has 0 aromatic carbocycles. The second-order valence-corrected chi connectivity index (χ2v) is 6.63. The topological polar surface area (TPSA) is 15.3 Å². The van der Waals surface area contributed by atoms with Gasteiger partial charge in [0.2, 0.25) is 0 Å². The van der Waals surface area contributed by atoms with E-state index in [4.69, 9.17) is 0 Å². The first-order valence-electron chi connectivity index (χ1n) is 6.49. The SMILES string of the molecule is CC(C)(C)CNC1CCN(CC2CC2)C1.Cl. The third-order valence-corrected chi connectivity index (χ3v) is 3.41. The average Bonchev–Trinajstić information content (AvgIpc) is 2.79. The first-order valence-corrected chi connectivity index (χ1v) is 6.49. The molecule has 2 fully saturated rings. The van der Waals surface area contributed by atoms with Crippen LogP contribution in [0.5, 0.6) is 0 Å². The van der Waals surface area contributed by atoms with E-state index in [9.17, 15) is 0 Å². The molecule has 1 aliphatic carbocycles. The van der Waals surface area contributed by atoms with Gasteiger partial charge >= 0.3 is 0 Å². The van der Waals surface area contributed by atoms with Gasteiger partial charge in [0.1, 0.15) is 0 Å². The highest BCUT2D eigenvalue weighted by Gasteiger charge is 2.29. The Morgan fingerprint density at radius 1 is 1.19 bits per heavy atom. The standard InChI is InChI=1S/C13H26N2.ClH/c1-13(2,3)10-14-12-6-7-15(9-12)8-11-4-5-11;/h11-12,14H,4-10H2,1-3H3;1H. The Hall–Kier alpha value is 0.210. The number of hydrogen-bond acceptors (Lipinski definition) is 2. The van der Waals surface area contributed by atoms with Crippen molar-refractivity contribution < 1.29 is 0 Å². The maximum absolute atomic E-state index is 3.70. The van der Waals surface area contributed by atoms with E-state index >= 15 is 0 Å². The molecule has 2 rings (SSSR count). The molecule has 1 saturated heterocycles. The first-order chi connectivity index (χ1) is 7.03.